The maximum absolute atomic E-state index is 13.6. The summed E-state index contributed by atoms with van der Waals surface area (Å²) in [5, 5.41) is 2.88. The van der Waals surface area contributed by atoms with Gasteiger partial charge < -0.3 is 10.2 Å². The van der Waals surface area contributed by atoms with E-state index >= 15 is 0 Å². The van der Waals surface area contributed by atoms with Crippen molar-refractivity contribution in [3.05, 3.63) is 35.1 Å². The number of hydrogen-bond donors (Lipinski definition) is 1. The third-order valence-electron chi connectivity index (χ3n) is 5.06. The van der Waals surface area contributed by atoms with E-state index < -0.39 is 0 Å². The lowest BCUT2D eigenvalue weighted by atomic mass is 9.83. The Morgan fingerprint density at radius 3 is 2.62 bits per heavy atom. The van der Waals surface area contributed by atoms with Gasteiger partial charge in [-0.25, -0.2) is 4.39 Å². The van der Waals surface area contributed by atoms with E-state index in [0.717, 1.165) is 18.4 Å². The van der Waals surface area contributed by atoms with Crippen LogP contribution in [-0.4, -0.2) is 36.3 Å². The molecule has 1 aliphatic carbocycles. The molecule has 0 aromatic heterocycles. The van der Waals surface area contributed by atoms with Crippen LogP contribution in [0.5, 0.6) is 0 Å². The number of halogens is 1. The largest absolute Gasteiger partial charge is 0.356 e. The minimum absolute atomic E-state index is 0.00892. The maximum atomic E-state index is 13.6. The average Bonchev–Trinajstić information content (AvgIpc) is 3.41. The number of nitrogens with one attached hydrogen (secondary N) is 1. The molecule has 1 saturated heterocycles. The number of carbonyl (C=O) groups is 2. The van der Waals surface area contributed by atoms with Gasteiger partial charge in [0.1, 0.15) is 5.82 Å². The van der Waals surface area contributed by atoms with Gasteiger partial charge in [0, 0.05) is 31.5 Å². The zero-order chi connectivity index (χ0) is 17.3. The summed E-state index contributed by atoms with van der Waals surface area (Å²) in [5.41, 5.74) is 1.61. The molecule has 1 saturated carbocycles. The van der Waals surface area contributed by atoms with Crippen LogP contribution in [-0.2, 0) is 9.59 Å². The summed E-state index contributed by atoms with van der Waals surface area (Å²) in [4.78, 5) is 26.7. The SMILES string of the molecule is CCNC(=O)C1CC(c2ccc(F)c(C)c2)CN(C(=O)C2CC2)C1. The topological polar surface area (TPSA) is 49.4 Å². The zero-order valence-electron chi connectivity index (χ0n) is 14.3. The number of nitrogens with zero attached hydrogens (tertiary/aromatic N) is 1. The van der Waals surface area contributed by atoms with Gasteiger partial charge in [-0.05, 0) is 50.3 Å². The summed E-state index contributed by atoms with van der Waals surface area (Å²) >= 11 is 0. The maximum Gasteiger partial charge on any atom is 0.225 e. The fourth-order valence-corrected chi connectivity index (χ4v) is 3.54. The van der Waals surface area contributed by atoms with Crippen LogP contribution in [0.25, 0.3) is 0 Å². The van der Waals surface area contributed by atoms with Gasteiger partial charge in [0.2, 0.25) is 11.8 Å². The Kier molecular flexibility index (Phi) is 4.88. The molecule has 2 unspecified atom stereocenters. The van der Waals surface area contributed by atoms with Gasteiger partial charge in [-0.1, -0.05) is 12.1 Å². The summed E-state index contributed by atoms with van der Waals surface area (Å²) in [6.45, 7) is 5.35. The Hall–Kier alpha value is -1.91. The second-order valence-corrected chi connectivity index (χ2v) is 7.05. The smallest absolute Gasteiger partial charge is 0.225 e. The van der Waals surface area contributed by atoms with Crippen molar-refractivity contribution in [1.82, 2.24) is 10.2 Å². The lowest BCUT2D eigenvalue weighted by Crippen LogP contribution is -2.48. The Balaban J connectivity index is 1.82. The molecule has 1 aromatic carbocycles. The molecule has 130 valence electrons. The van der Waals surface area contributed by atoms with E-state index in [1.807, 2.05) is 17.9 Å². The number of piperidine rings is 1. The van der Waals surface area contributed by atoms with Gasteiger partial charge in [0.15, 0.2) is 0 Å². The van der Waals surface area contributed by atoms with Crippen molar-refractivity contribution < 1.29 is 14.0 Å². The highest BCUT2D eigenvalue weighted by molar-refractivity contribution is 5.83. The highest BCUT2D eigenvalue weighted by Crippen LogP contribution is 2.36. The Labute approximate surface area is 142 Å². The minimum atomic E-state index is -0.222. The van der Waals surface area contributed by atoms with Crippen LogP contribution >= 0.6 is 0 Å². The summed E-state index contributed by atoms with van der Waals surface area (Å²) in [7, 11) is 0. The highest BCUT2D eigenvalue weighted by Gasteiger charge is 2.39. The normalized spacial score (nSPS) is 23.9. The second kappa shape index (κ2) is 6.91. The average molecular weight is 332 g/mol. The van der Waals surface area contributed by atoms with E-state index in [4.69, 9.17) is 0 Å². The van der Waals surface area contributed by atoms with Crippen LogP contribution in [0.2, 0.25) is 0 Å². The van der Waals surface area contributed by atoms with Crippen molar-refractivity contribution in [1.29, 1.82) is 0 Å². The molecule has 1 heterocycles. The van der Waals surface area contributed by atoms with E-state index in [1.54, 1.807) is 13.0 Å². The molecule has 2 fully saturated rings. The van der Waals surface area contributed by atoms with Gasteiger partial charge in [0.25, 0.3) is 0 Å². The quantitative estimate of drug-likeness (QED) is 0.921. The van der Waals surface area contributed by atoms with Gasteiger partial charge in [-0.2, -0.15) is 0 Å². The number of amides is 2. The van der Waals surface area contributed by atoms with Crippen molar-refractivity contribution in [3.8, 4) is 0 Å². The first-order chi connectivity index (χ1) is 11.5. The van der Waals surface area contributed by atoms with Crippen molar-refractivity contribution in [2.24, 2.45) is 11.8 Å². The second-order valence-electron chi connectivity index (χ2n) is 7.05. The Bertz CT molecular complexity index is 642. The molecular formula is C19H25FN2O2. The van der Waals surface area contributed by atoms with Gasteiger partial charge >= 0.3 is 0 Å². The molecule has 2 atom stereocenters. The molecule has 0 spiro atoms. The van der Waals surface area contributed by atoms with Crippen molar-refractivity contribution in [3.63, 3.8) is 0 Å². The lowest BCUT2D eigenvalue weighted by Gasteiger charge is -2.37. The Morgan fingerprint density at radius 2 is 2.00 bits per heavy atom. The summed E-state index contributed by atoms with van der Waals surface area (Å²) in [6, 6.07) is 5.11. The lowest BCUT2D eigenvalue weighted by molar-refractivity contribution is -0.137. The molecule has 3 rings (SSSR count). The van der Waals surface area contributed by atoms with E-state index in [0.29, 0.717) is 31.6 Å². The molecular weight excluding hydrogens is 307 g/mol. The number of benzene rings is 1. The fourth-order valence-electron chi connectivity index (χ4n) is 3.54. The third kappa shape index (κ3) is 3.60. The van der Waals surface area contributed by atoms with Crippen molar-refractivity contribution in [2.45, 2.75) is 39.0 Å². The molecule has 0 radical (unpaired) electrons. The monoisotopic (exact) mass is 332 g/mol. The minimum Gasteiger partial charge on any atom is -0.356 e. The summed E-state index contributed by atoms with van der Waals surface area (Å²) < 4.78 is 13.6. The van der Waals surface area contributed by atoms with Crippen LogP contribution in [0.15, 0.2) is 18.2 Å². The number of likely N-dealkylation sites (tertiary alicyclic amines) is 1. The molecule has 5 heteroatoms. The number of hydrogen-bond acceptors (Lipinski definition) is 2. The number of carbonyl (C=O) groups excluding carboxylic acids is 2. The predicted molar refractivity (Wildman–Crippen MR) is 90.0 cm³/mol. The van der Waals surface area contributed by atoms with Crippen molar-refractivity contribution in [2.75, 3.05) is 19.6 Å². The highest BCUT2D eigenvalue weighted by atomic mass is 19.1. The van der Waals surface area contributed by atoms with Crippen LogP contribution in [0.1, 0.15) is 43.2 Å². The molecule has 24 heavy (non-hydrogen) atoms. The summed E-state index contributed by atoms with van der Waals surface area (Å²) in [5.74, 6) is -0.0121. The zero-order valence-corrected chi connectivity index (χ0v) is 14.3. The van der Waals surface area contributed by atoms with Gasteiger partial charge in [0.05, 0.1) is 5.92 Å². The third-order valence-corrected chi connectivity index (χ3v) is 5.06. The van der Waals surface area contributed by atoms with E-state index in [-0.39, 0.29) is 35.4 Å². The Morgan fingerprint density at radius 1 is 1.25 bits per heavy atom. The van der Waals surface area contributed by atoms with Crippen molar-refractivity contribution >= 4 is 11.8 Å². The van der Waals surface area contributed by atoms with Crippen LogP contribution in [0, 0.1) is 24.6 Å². The van der Waals surface area contributed by atoms with Crippen LogP contribution < -0.4 is 5.32 Å². The number of rotatable bonds is 4. The summed E-state index contributed by atoms with van der Waals surface area (Å²) in [6.07, 6.45) is 2.62. The van der Waals surface area contributed by atoms with Gasteiger partial charge in [-0.15, -0.1) is 0 Å². The first-order valence-electron chi connectivity index (χ1n) is 8.82. The van der Waals surface area contributed by atoms with E-state index in [9.17, 15) is 14.0 Å². The number of aryl methyl sites for hydroxylation is 1. The molecule has 1 N–H and O–H groups in total. The molecule has 0 bridgehead atoms. The van der Waals surface area contributed by atoms with Crippen LogP contribution in [0.4, 0.5) is 4.39 Å². The molecule has 1 aromatic rings. The first kappa shape index (κ1) is 16.9. The molecule has 4 nitrogen and oxygen atoms in total. The first-order valence-corrected chi connectivity index (χ1v) is 8.82. The molecule has 2 aliphatic rings. The predicted octanol–water partition coefficient (Wildman–Crippen LogP) is 2.61. The molecule has 2 amide bonds. The molecule has 1 aliphatic heterocycles. The van der Waals surface area contributed by atoms with E-state index in [1.165, 1.54) is 6.07 Å². The fraction of sp³-hybridized carbons (Fsp3) is 0.579. The van der Waals surface area contributed by atoms with E-state index in [2.05, 4.69) is 5.32 Å². The standard InChI is InChI=1S/C19H25FN2O2/c1-3-21-18(23)16-9-15(14-6-7-17(20)12(2)8-14)10-22(11-16)19(24)13-4-5-13/h6-8,13,15-16H,3-5,9-11H2,1-2H3,(H,21,23). The van der Waals surface area contributed by atoms with Gasteiger partial charge in [-0.3, -0.25) is 9.59 Å². The van der Waals surface area contributed by atoms with Crippen LogP contribution in [0.3, 0.4) is 0 Å².